The van der Waals surface area contributed by atoms with Gasteiger partial charge in [-0.1, -0.05) is 25.0 Å². The SMILES string of the molecule is Oc1cccc2c1CC[C@H]1[C@@H]2CCN1C1CCCC1. The van der Waals surface area contributed by atoms with E-state index in [1.165, 1.54) is 56.2 Å². The predicted molar refractivity (Wildman–Crippen MR) is 76.5 cm³/mol. The highest BCUT2D eigenvalue weighted by molar-refractivity contribution is 5.44. The summed E-state index contributed by atoms with van der Waals surface area (Å²) in [6.45, 7) is 1.27. The normalized spacial score (nSPS) is 31.4. The number of rotatable bonds is 1. The quantitative estimate of drug-likeness (QED) is 0.833. The Morgan fingerprint density at radius 1 is 1.05 bits per heavy atom. The molecule has 1 saturated heterocycles. The highest BCUT2D eigenvalue weighted by Gasteiger charge is 2.42. The molecule has 0 amide bonds. The Morgan fingerprint density at radius 3 is 2.74 bits per heavy atom. The van der Waals surface area contributed by atoms with Crippen molar-refractivity contribution >= 4 is 0 Å². The third-order valence-electron chi connectivity index (χ3n) is 5.66. The maximum Gasteiger partial charge on any atom is 0.119 e. The first-order chi connectivity index (χ1) is 9.34. The lowest BCUT2D eigenvalue weighted by Gasteiger charge is -2.36. The molecule has 3 aliphatic rings. The second-order valence-electron chi connectivity index (χ2n) is 6.52. The summed E-state index contributed by atoms with van der Waals surface area (Å²) < 4.78 is 0. The molecule has 1 aliphatic heterocycles. The van der Waals surface area contributed by atoms with Crippen molar-refractivity contribution in [2.75, 3.05) is 6.54 Å². The van der Waals surface area contributed by atoms with Gasteiger partial charge in [0.2, 0.25) is 0 Å². The van der Waals surface area contributed by atoms with Crippen LogP contribution >= 0.6 is 0 Å². The van der Waals surface area contributed by atoms with E-state index in [1.54, 1.807) is 0 Å². The average Bonchev–Trinajstić information content (AvgIpc) is 3.07. The zero-order chi connectivity index (χ0) is 12.8. The zero-order valence-electron chi connectivity index (χ0n) is 11.5. The third kappa shape index (κ3) is 1.80. The van der Waals surface area contributed by atoms with E-state index in [2.05, 4.69) is 11.0 Å². The van der Waals surface area contributed by atoms with Gasteiger partial charge in [0.05, 0.1) is 0 Å². The van der Waals surface area contributed by atoms with Crippen LogP contribution in [-0.2, 0) is 6.42 Å². The molecule has 1 saturated carbocycles. The number of fused-ring (bicyclic) bond motifs is 3. The van der Waals surface area contributed by atoms with Crippen LogP contribution in [0.1, 0.15) is 55.6 Å². The molecule has 2 aliphatic carbocycles. The molecule has 2 atom stereocenters. The number of aromatic hydroxyl groups is 1. The van der Waals surface area contributed by atoms with Gasteiger partial charge in [-0.05, 0) is 55.8 Å². The molecule has 4 rings (SSSR count). The summed E-state index contributed by atoms with van der Waals surface area (Å²) in [5, 5.41) is 10.0. The first-order valence-electron chi connectivity index (χ1n) is 7.91. The van der Waals surface area contributed by atoms with E-state index in [1.807, 2.05) is 12.1 Å². The Kier molecular flexibility index (Phi) is 2.80. The van der Waals surface area contributed by atoms with Crippen LogP contribution in [0.4, 0.5) is 0 Å². The van der Waals surface area contributed by atoms with Gasteiger partial charge in [0.1, 0.15) is 5.75 Å². The van der Waals surface area contributed by atoms with Crippen LogP contribution in [0.5, 0.6) is 5.75 Å². The minimum atomic E-state index is 0.523. The molecule has 0 bridgehead atoms. The molecule has 0 radical (unpaired) electrons. The lowest BCUT2D eigenvalue weighted by molar-refractivity contribution is 0.163. The standard InChI is InChI=1S/C17H23NO/c19-17-7-3-6-13-14-10-11-18(12-4-1-2-5-12)16(14)9-8-15(13)17/h3,6-7,12,14,16,19H,1-2,4-5,8-11H2/t14-,16+/m1/s1. The van der Waals surface area contributed by atoms with Gasteiger partial charge in [0.25, 0.3) is 0 Å². The Bertz CT molecular complexity index is 478. The molecule has 2 fully saturated rings. The van der Waals surface area contributed by atoms with Crippen LogP contribution < -0.4 is 0 Å². The van der Waals surface area contributed by atoms with Crippen LogP contribution in [0.15, 0.2) is 18.2 Å². The monoisotopic (exact) mass is 257 g/mol. The molecule has 0 spiro atoms. The smallest absolute Gasteiger partial charge is 0.119 e. The minimum Gasteiger partial charge on any atom is -0.508 e. The maximum atomic E-state index is 10.0. The summed E-state index contributed by atoms with van der Waals surface area (Å²) in [6.07, 6.45) is 9.27. The van der Waals surface area contributed by atoms with Crippen molar-refractivity contribution in [3.05, 3.63) is 29.3 Å². The number of hydrogen-bond donors (Lipinski definition) is 1. The van der Waals surface area contributed by atoms with Gasteiger partial charge in [-0.15, -0.1) is 0 Å². The van der Waals surface area contributed by atoms with Crippen molar-refractivity contribution < 1.29 is 5.11 Å². The fourth-order valence-corrected chi connectivity index (χ4v) is 4.80. The first kappa shape index (κ1) is 11.8. The third-order valence-corrected chi connectivity index (χ3v) is 5.66. The van der Waals surface area contributed by atoms with E-state index in [9.17, 15) is 5.11 Å². The largest absolute Gasteiger partial charge is 0.508 e. The van der Waals surface area contributed by atoms with Crippen LogP contribution in [0.25, 0.3) is 0 Å². The van der Waals surface area contributed by atoms with Crippen LogP contribution in [0.2, 0.25) is 0 Å². The average molecular weight is 257 g/mol. The van der Waals surface area contributed by atoms with Crippen molar-refractivity contribution in [1.29, 1.82) is 0 Å². The van der Waals surface area contributed by atoms with Gasteiger partial charge in [-0.3, -0.25) is 4.90 Å². The van der Waals surface area contributed by atoms with E-state index in [0.29, 0.717) is 11.7 Å². The highest BCUT2D eigenvalue weighted by atomic mass is 16.3. The van der Waals surface area contributed by atoms with E-state index in [0.717, 1.165) is 18.5 Å². The van der Waals surface area contributed by atoms with Crippen molar-refractivity contribution in [2.45, 2.75) is 62.9 Å². The summed E-state index contributed by atoms with van der Waals surface area (Å²) in [4.78, 5) is 2.81. The molecular formula is C17H23NO. The van der Waals surface area contributed by atoms with Crippen molar-refractivity contribution in [3.63, 3.8) is 0 Å². The van der Waals surface area contributed by atoms with Crippen LogP contribution in [0.3, 0.4) is 0 Å². The molecular weight excluding hydrogens is 234 g/mol. The van der Waals surface area contributed by atoms with E-state index in [-0.39, 0.29) is 0 Å². The molecule has 1 N–H and O–H groups in total. The van der Waals surface area contributed by atoms with E-state index >= 15 is 0 Å². The number of phenolic OH excluding ortho intramolecular Hbond substituents is 1. The molecule has 1 aromatic rings. The molecule has 0 aromatic heterocycles. The Balaban J connectivity index is 1.64. The fraction of sp³-hybridized carbons (Fsp3) is 0.647. The van der Waals surface area contributed by atoms with Gasteiger partial charge in [-0.2, -0.15) is 0 Å². The molecule has 2 nitrogen and oxygen atoms in total. The van der Waals surface area contributed by atoms with Gasteiger partial charge in [-0.25, -0.2) is 0 Å². The highest BCUT2D eigenvalue weighted by Crippen LogP contribution is 2.45. The topological polar surface area (TPSA) is 23.5 Å². The van der Waals surface area contributed by atoms with Crippen molar-refractivity contribution in [1.82, 2.24) is 4.90 Å². The van der Waals surface area contributed by atoms with Gasteiger partial charge in [0, 0.05) is 18.0 Å². The number of nitrogens with zero attached hydrogens (tertiary/aromatic N) is 1. The number of benzene rings is 1. The van der Waals surface area contributed by atoms with Crippen molar-refractivity contribution in [3.8, 4) is 5.75 Å². The Morgan fingerprint density at radius 2 is 1.89 bits per heavy atom. The van der Waals surface area contributed by atoms with E-state index in [4.69, 9.17) is 0 Å². The zero-order valence-corrected chi connectivity index (χ0v) is 11.5. The molecule has 0 unspecified atom stereocenters. The summed E-state index contributed by atoms with van der Waals surface area (Å²) in [5.41, 5.74) is 2.67. The van der Waals surface area contributed by atoms with E-state index < -0.39 is 0 Å². The lowest BCUT2D eigenvalue weighted by Crippen LogP contribution is -2.40. The maximum absolute atomic E-state index is 10.0. The van der Waals surface area contributed by atoms with Gasteiger partial charge >= 0.3 is 0 Å². The number of hydrogen-bond acceptors (Lipinski definition) is 2. The van der Waals surface area contributed by atoms with Crippen LogP contribution in [-0.4, -0.2) is 28.6 Å². The fourth-order valence-electron chi connectivity index (χ4n) is 4.80. The van der Waals surface area contributed by atoms with Crippen molar-refractivity contribution in [2.24, 2.45) is 0 Å². The molecule has 2 heteroatoms. The van der Waals surface area contributed by atoms with Gasteiger partial charge < -0.3 is 5.11 Å². The second kappa shape index (κ2) is 4.52. The van der Waals surface area contributed by atoms with Gasteiger partial charge in [0.15, 0.2) is 0 Å². The second-order valence-corrected chi connectivity index (χ2v) is 6.52. The number of likely N-dealkylation sites (tertiary alicyclic amines) is 1. The minimum absolute atomic E-state index is 0.523. The predicted octanol–water partition coefficient (Wildman–Crippen LogP) is 3.44. The summed E-state index contributed by atoms with van der Waals surface area (Å²) in [6, 6.07) is 7.73. The number of phenols is 1. The van der Waals surface area contributed by atoms with Crippen LogP contribution in [0, 0.1) is 0 Å². The molecule has 1 heterocycles. The first-order valence-corrected chi connectivity index (χ1v) is 7.91. The Labute approximate surface area is 115 Å². The summed E-state index contributed by atoms with van der Waals surface area (Å²) >= 11 is 0. The summed E-state index contributed by atoms with van der Waals surface area (Å²) in [5.74, 6) is 1.20. The molecule has 1 aromatic carbocycles. The molecule has 102 valence electrons. The summed E-state index contributed by atoms with van der Waals surface area (Å²) in [7, 11) is 0. The molecule has 19 heavy (non-hydrogen) atoms. The lowest BCUT2D eigenvalue weighted by atomic mass is 9.79. The Hall–Kier alpha value is -1.02.